The summed E-state index contributed by atoms with van der Waals surface area (Å²) in [6, 6.07) is 0. The lowest BCUT2D eigenvalue weighted by Gasteiger charge is -2.19. The molecule has 8 nitrogen and oxygen atoms in total. The summed E-state index contributed by atoms with van der Waals surface area (Å²) >= 11 is 0. The highest BCUT2D eigenvalue weighted by Crippen LogP contribution is 2.05. The second-order valence-electron chi connectivity index (χ2n) is 5.60. The van der Waals surface area contributed by atoms with Gasteiger partial charge in [-0.05, 0) is 20.8 Å². The van der Waals surface area contributed by atoms with Crippen molar-refractivity contribution in [2.75, 3.05) is 66.0 Å². The van der Waals surface area contributed by atoms with Crippen molar-refractivity contribution in [1.82, 2.24) is 5.32 Å². The van der Waals surface area contributed by atoms with Gasteiger partial charge in [-0.2, -0.15) is 0 Å². The molecule has 0 aliphatic rings. The number of ether oxygens (including phenoxy) is 5. The van der Waals surface area contributed by atoms with Gasteiger partial charge in [-0.1, -0.05) is 13.8 Å². The van der Waals surface area contributed by atoms with Crippen LogP contribution in [0.2, 0.25) is 0 Å². The maximum atomic E-state index is 11.3. The highest BCUT2D eigenvalue weighted by Gasteiger charge is 2.15. The molecule has 0 aliphatic heterocycles. The summed E-state index contributed by atoms with van der Waals surface area (Å²) in [6.07, 6.45) is -0.447. The van der Waals surface area contributed by atoms with Crippen LogP contribution in [0.15, 0.2) is 0 Å². The van der Waals surface area contributed by atoms with E-state index < -0.39 is 11.7 Å². The van der Waals surface area contributed by atoms with Gasteiger partial charge in [0.2, 0.25) is 0 Å². The van der Waals surface area contributed by atoms with E-state index in [1.165, 1.54) is 0 Å². The molecule has 2 N–H and O–H groups in total. The van der Waals surface area contributed by atoms with Crippen LogP contribution in [0.4, 0.5) is 4.79 Å². The largest absolute Gasteiger partial charge is 0.444 e. The van der Waals surface area contributed by atoms with Crippen LogP contribution >= 0.6 is 0 Å². The predicted octanol–water partition coefficient (Wildman–Crippen LogP) is 1.60. The molecule has 0 radical (unpaired) electrons. The van der Waals surface area contributed by atoms with E-state index in [1.807, 2.05) is 34.6 Å². The third-order valence-corrected chi connectivity index (χ3v) is 2.27. The number of amides is 1. The van der Waals surface area contributed by atoms with Crippen molar-refractivity contribution >= 4 is 6.09 Å². The number of hydrogen-bond acceptors (Lipinski definition) is 7. The summed E-state index contributed by atoms with van der Waals surface area (Å²) in [5.74, 6) is 0. The van der Waals surface area contributed by atoms with E-state index >= 15 is 0 Å². The topological polar surface area (TPSA) is 95.5 Å². The highest BCUT2D eigenvalue weighted by atomic mass is 16.6. The number of aliphatic hydroxyl groups is 1. The SMILES string of the molecule is CC.CC(C)(C)OC(=O)NCCOCCOCCOCCOCCO. The molecule has 0 rings (SSSR count). The fraction of sp³-hybridized carbons (Fsp3) is 0.941. The van der Waals surface area contributed by atoms with Crippen LogP contribution < -0.4 is 5.32 Å². The van der Waals surface area contributed by atoms with E-state index in [9.17, 15) is 4.79 Å². The number of hydrogen-bond donors (Lipinski definition) is 2. The second kappa shape index (κ2) is 19.4. The van der Waals surface area contributed by atoms with E-state index in [1.54, 1.807) is 0 Å². The van der Waals surface area contributed by atoms with E-state index in [0.29, 0.717) is 59.4 Å². The van der Waals surface area contributed by atoms with Crippen LogP contribution in [0.3, 0.4) is 0 Å². The molecular weight excluding hydrogens is 330 g/mol. The van der Waals surface area contributed by atoms with Gasteiger partial charge in [0.25, 0.3) is 0 Å². The zero-order valence-corrected chi connectivity index (χ0v) is 16.5. The number of alkyl carbamates (subject to hydrolysis) is 1. The smallest absolute Gasteiger partial charge is 0.407 e. The Bertz CT molecular complexity index is 283. The van der Waals surface area contributed by atoms with E-state index in [2.05, 4.69) is 5.32 Å². The Balaban J connectivity index is 0. The molecule has 0 spiro atoms. The molecule has 0 atom stereocenters. The zero-order valence-electron chi connectivity index (χ0n) is 16.5. The molecule has 1 amide bonds. The van der Waals surface area contributed by atoms with Crippen molar-refractivity contribution in [2.45, 2.75) is 40.2 Å². The average molecular weight is 367 g/mol. The van der Waals surface area contributed by atoms with Gasteiger partial charge >= 0.3 is 6.09 Å². The minimum Gasteiger partial charge on any atom is -0.444 e. The molecule has 0 aromatic carbocycles. The van der Waals surface area contributed by atoms with E-state index in [-0.39, 0.29) is 6.61 Å². The highest BCUT2D eigenvalue weighted by molar-refractivity contribution is 5.67. The van der Waals surface area contributed by atoms with Gasteiger partial charge in [0.05, 0.1) is 59.5 Å². The maximum Gasteiger partial charge on any atom is 0.407 e. The number of carbonyl (C=O) groups is 1. The summed E-state index contributed by atoms with van der Waals surface area (Å²) in [6.45, 7) is 13.4. The lowest BCUT2D eigenvalue weighted by Crippen LogP contribution is -2.34. The number of nitrogens with one attached hydrogen (secondary N) is 1. The van der Waals surface area contributed by atoms with Gasteiger partial charge in [0, 0.05) is 6.54 Å². The molecule has 0 saturated carbocycles. The molecule has 0 aromatic heterocycles. The van der Waals surface area contributed by atoms with Gasteiger partial charge in [0.1, 0.15) is 5.60 Å². The van der Waals surface area contributed by atoms with Crippen molar-refractivity contribution in [3.63, 3.8) is 0 Å². The standard InChI is InChI=1S/C15H31NO7.C2H6/c1-15(2,3)23-14(18)16-4-6-19-8-10-21-12-13-22-11-9-20-7-5-17;1-2/h17H,4-13H2,1-3H3,(H,16,18);1-2H3. The molecule has 0 aromatic rings. The number of carbonyl (C=O) groups excluding carboxylic acids is 1. The van der Waals surface area contributed by atoms with Crippen molar-refractivity contribution in [2.24, 2.45) is 0 Å². The zero-order chi connectivity index (χ0) is 19.4. The minimum absolute atomic E-state index is 0.0242. The van der Waals surface area contributed by atoms with Gasteiger partial charge < -0.3 is 34.1 Å². The minimum atomic E-state index is -0.494. The van der Waals surface area contributed by atoms with Crippen LogP contribution in [0.5, 0.6) is 0 Å². The first-order valence-corrected chi connectivity index (χ1v) is 8.84. The van der Waals surface area contributed by atoms with Crippen molar-refractivity contribution in [3.05, 3.63) is 0 Å². The van der Waals surface area contributed by atoms with Crippen molar-refractivity contribution in [3.8, 4) is 0 Å². The Morgan fingerprint density at radius 1 is 0.800 bits per heavy atom. The Morgan fingerprint density at radius 3 is 1.60 bits per heavy atom. The molecule has 25 heavy (non-hydrogen) atoms. The quantitative estimate of drug-likeness (QED) is 0.450. The average Bonchev–Trinajstić information content (AvgIpc) is 2.55. The van der Waals surface area contributed by atoms with Gasteiger partial charge in [-0.25, -0.2) is 4.79 Å². The van der Waals surface area contributed by atoms with Crippen LogP contribution in [0.25, 0.3) is 0 Å². The molecular formula is C17H37NO7. The first-order chi connectivity index (χ1) is 12.0. The molecule has 0 saturated heterocycles. The lowest BCUT2D eigenvalue weighted by molar-refractivity contribution is -0.00547. The fourth-order valence-corrected chi connectivity index (χ4v) is 1.37. The normalized spacial score (nSPS) is 10.8. The first kappa shape index (κ1) is 26.3. The maximum absolute atomic E-state index is 11.3. The molecule has 0 unspecified atom stereocenters. The fourth-order valence-electron chi connectivity index (χ4n) is 1.37. The summed E-state index contributed by atoms with van der Waals surface area (Å²) < 4.78 is 26.0. The molecule has 0 aliphatic carbocycles. The Hall–Kier alpha value is -0.930. The number of rotatable bonds is 14. The van der Waals surface area contributed by atoms with E-state index in [0.717, 1.165) is 0 Å². The summed E-state index contributed by atoms with van der Waals surface area (Å²) in [5, 5.41) is 11.1. The van der Waals surface area contributed by atoms with Crippen LogP contribution in [-0.4, -0.2) is 82.8 Å². The van der Waals surface area contributed by atoms with Gasteiger partial charge in [0.15, 0.2) is 0 Å². The second-order valence-corrected chi connectivity index (χ2v) is 5.60. The Kier molecular flexibility index (Phi) is 20.4. The van der Waals surface area contributed by atoms with Gasteiger partial charge in [-0.15, -0.1) is 0 Å². The van der Waals surface area contributed by atoms with Crippen LogP contribution in [0.1, 0.15) is 34.6 Å². The monoisotopic (exact) mass is 367 g/mol. The van der Waals surface area contributed by atoms with Crippen LogP contribution in [0, 0.1) is 0 Å². The van der Waals surface area contributed by atoms with Crippen molar-refractivity contribution < 1.29 is 33.6 Å². The van der Waals surface area contributed by atoms with E-state index in [4.69, 9.17) is 28.8 Å². The van der Waals surface area contributed by atoms with Crippen molar-refractivity contribution in [1.29, 1.82) is 0 Å². The molecule has 0 bridgehead atoms. The third-order valence-electron chi connectivity index (χ3n) is 2.27. The summed E-state index contributed by atoms with van der Waals surface area (Å²) in [4.78, 5) is 11.3. The number of aliphatic hydroxyl groups excluding tert-OH is 1. The lowest BCUT2D eigenvalue weighted by atomic mass is 10.2. The third kappa shape index (κ3) is 25.4. The molecule has 8 heteroatoms. The molecule has 0 fully saturated rings. The van der Waals surface area contributed by atoms with Gasteiger partial charge in [-0.3, -0.25) is 0 Å². The Morgan fingerprint density at radius 2 is 1.20 bits per heavy atom. The molecule has 0 heterocycles. The Labute approximate surface area is 152 Å². The molecule has 152 valence electrons. The van der Waals surface area contributed by atoms with Crippen LogP contribution in [-0.2, 0) is 23.7 Å². The summed E-state index contributed by atoms with van der Waals surface area (Å²) in [5.41, 5.74) is -0.494. The predicted molar refractivity (Wildman–Crippen MR) is 95.9 cm³/mol. The first-order valence-electron chi connectivity index (χ1n) is 8.84. The summed E-state index contributed by atoms with van der Waals surface area (Å²) in [7, 11) is 0.